The van der Waals surface area contributed by atoms with Crippen molar-refractivity contribution < 1.29 is 9.59 Å². The molecule has 0 saturated carbocycles. The van der Waals surface area contributed by atoms with E-state index in [2.05, 4.69) is 15.3 Å². The topological polar surface area (TPSA) is 74.8 Å². The molecule has 0 aliphatic rings. The summed E-state index contributed by atoms with van der Waals surface area (Å²) < 4.78 is 0. The Labute approximate surface area is 160 Å². The molecule has 0 spiro atoms. The number of carbonyl (C=O) groups is 2. The molecule has 3 aromatic rings. The highest BCUT2D eigenvalue weighted by molar-refractivity contribution is 7.99. The molecule has 0 bridgehead atoms. The number of nitrogens with one attached hydrogen (secondary N) is 2. The summed E-state index contributed by atoms with van der Waals surface area (Å²) in [5.74, 6) is 0.193. The number of imidazole rings is 1. The third-order valence-corrected chi connectivity index (χ3v) is 5.44. The maximum atomic E-state index is 12.5. The van der Waals surface area contributed by atoms with Gasteiger partial charge in [0, 0.05) is 17.4 Å². The van der Waals surface area contributed by atoms with Gasteiger partial charge in [-0.3, -0.25) is 9.59 Å². The molecular formula is C19H19N3O2S2. The minimum atomic E-state index is -0.130. The number of rotatable bonds is 6. The lowest BCUT2D eigenvalue weighted by Gasteiger charge is -2.09. The Balaban J connectivity index is 1.71. The normalized spacial score (nSPS) is 10.9. The molecule has 26 heavy (non-hydrogen) atoms. The smallest absolute Gasteiger partial charge is 0.221 e. The number of aryl methyl sites for hydroxylation is 1. The number of carbonyl (C=O) groups excluding carboxylic acids is 2. The van der Waals surface area contributed by atoms with E-state index in [1.54, 1.807) is 12.1 Å². The van der Waals surface area contributed by atoms with Crippen LogP contribution < -0.4 is 5.32 Å². The summed E-state index contributed by atoms with van der Waals surface area (Å²) in [5.41, 5.74) is 4.39. The van der Waals surface area contributed by atoms with E-state index in [-0.39, 0.29) is 11.7 Å². The second-order valence-electron chi connectivity index (χ2n) is 5.87. The van der Waals surface area contributed by atoms with Crippen molar-refractivity contribution in [3.05, 3.63) is 47.5 Å². The van der Waals surface area contributed by atoms with E-state index in [0.717, 1.165) is 32.3 Å². The molecule has 0 aliphatic heterocycles. The molecule has 5 nitrogen and oxygen atoms in total. The molecule has 1 heterocycles. The van der Waals surface area contributed by atoms with Crippen LogP contribution in [0.4, 0.5) is 5.69 Å². The molecule has 134 valence electrons. The van der Waals surface area contributed by atoms with Gasteiger partial charge in [-0.15, -0.1) is 11.8 Å². The number of hydrogen-bond donors (Lipinski definition) is 2. The molecule has 0 aliphatic carbocycles. The Hall–Kier alpha value is -2.25. The number of Topliss-reactive ketones (excluding diaryl/α,β-unsaturated/α-hetero) is 1. The number of ketones is 1. The fraction of sp³-hybridized carbons (Fsp3) is 0.211. The number of aromatic amines is 1. The van der Waals surface area contributed by atoms with Gasteiger partial charge in [0.1, 0.15) is 0 Å². The Kier molecular flexibility index (Phi) is 5.68. The molecule has 0 fully saturated rings. The van der Waals surface area contributed by atoms with Gasteiger partial charge >= 0.3 is 0 Å². The van der Waals surface area contributed by atoms with Gasteiger partial charge in [0.2, 0.25) is 5.91 Å². The average molecular weight is 386 g/mol. The van der Waals surface area contributed by atoms with Gasteiger partial charge in [0.25, 0.3) is 0 Å². The molecule has 0 atom stereocenters. The van der Waals surface area contributed by atoms with Crippen LogP contribution in [0.15, 0.2) is 46.5 Å². The van der Waals surface area contributed by atoms with Crippen LogP contribution in [0.25, 0.3) is 11.0 Å². The Morgan fingerprint density at radius 3 is 2.73 bits per heavy atom. The van der Waals surface area contributed by atoms with Gasteiger partial charge in [-0.05, 0) is 49.1 Å². The molecule has 3 rings (SSSR count). The van der Waals surface area contributed by atoms with Crippen LogP contribution in [0.5, 0.6) is 0 Å². The largest absolute Gasteiger partial charge is 0.333 e. The number of thioether (sulfide) groups is 2. The maximum Gasteiger partial charge on any atom is 0.221 e. The minimum absolute atomic E-state index is 0.0244. The van der Waals surface area contributed by atoms with Gasteiger partial charge in [0.15, 0.2) is 10.9 Å². The van der Waals surface area contributed by atoms with E-state index >= 15 is 0 Å². The molecule has 7 heteroatoms. The van der Waals surface area contributed by atoms with Crippen LogP contribution in [-0.4, -0.2) is 33.7 Å². The number of aromatic nitrogens is 2. The van der Waals surface area contributed by atoms with Crippen molar-refractivity contribution in [3.8, 4) is 0 Å². The van der Waals surface area contributed by atoms with Crippen molar-refractivity contribution in [2.75, 3.05) is 17.3 Å². The lowest BCUT2D eigenvalue weighted by atomic mass is 10.1. The van der Waals surface area contributed by atoms with Crippen LogP contribution in [-0.2, 0) is 4.79 Å². The lowest BCUT2D eigenvalue weighted by molar-refractivity contribution is -0.114. The third-order valence-electron chi connectivity index (χ3n) is 3.79. The first-order valence-electron chi connectivity index (χ1n) is 8.04. The summed E-state index contributed by atoms with van der Waals surface area (Å²) >= 11 is 2.89. The van der Waals surface area contributed by atoms with Crippen molar-refractivity contribution in [3.63, 3.8) is 0 Å². The molecule has 2 aromatic carbocycles. The number of hydrogen-bond acceptors (Lipinski definition) is 5. The van der Waals surface area contributed by atoms with Gasteiger partial charge in [0.05, 0.1) is 22.5 Å². The predicted molar refractivity (Wildman–Crippen MR) is 108 cm³/mol. The van der Waals surface area contributed by atoms with E-state index in [1.807, 2.05) is 37.4 Å². The highest BCUT2D eigenvalue weighted by Gasteiger charge is 2.12. The zero-order chi connectivity index (χ0) is 18.7. The minimum Gasteiger partial charge on any atom is -0.333 e. The van der Waals surface area contributed by atoms with E-state index in [4.69, 9.17) is 0 Å². The number of amides is 1. The molecule has 1 aromatic heterocycles. The fourth-order valence-electron chi connectivity index (χ4n) is 2.54. The summed E-state index contributed by atoms with van der Waals surface area (Å²) in [6, 6.07) is 11.4. The average Bonchev–Trinajstić information content (AvgIpc) is 3.01. The first-order valence-corrected chi connectivity index (χ1v) is 10.3. The maximum absolute atomic E-state index is 12.5. The van der Waals surface area contributed by atoms with Gasteiger partial charge in [-0.25, -0.2) is 4.98 Å². The monoisotopic (exact) mass is 385 g/mol. The zero-order valence-electron chi connectivity index (χ0n) is 14.8. The first kappa shape index (κ1) is 18.5. The standard InChI is InChI=1S/C19H19N3O2S2/c1-11-4-6-14-16(8-11)22-19(21-14)26-10-17(24)13-5-7-15(20-12(2)23)18(9-13)25-3/h4-9H,10H2,1-3H3,(H,20,23)(H,21,22). The van der Waals surface area contributed by atoms with Crippen molar-refractivity contribution in [2.45, 2.75) is 23.9 Å². The SMILES string of the molecule is CSc1cc(C(=O)CSc2nc3ccc(C)cc3[nH]2)ccc1NC(C)=O. The van der Waals surface area contributed by atoms with Crippen molar-refractivity contribution in [1.29, 1.82) is 0 Å². The summed E-state index contributed by atoms with van der Waals surface area (Å²) in [6.45, 7) is 3.50. The van der Waals surface area contributed by atoms with Gasteiger partial charge in [-0.2, -0.15) is 0 Å². The van der Waals surface area contributed by atoms with E-state index in [9.17, 15) is 9.59 Å². The number of anilines is 1. The van der Waals surface area contributed by atoms with E-state index in [0.29, 0.717) is 11.3 Å². The second-order valence-corrected chi connectivity index (χ2v) is 7.68. The Bertz CT molecular complexity index is 982. The molecule has 2 N–H and O–H groups in total. The van der Waals surface area contributed by atoms with Crippen LogP contribution in [0, 0.1) is 6.92 Å². The number of H-pyrrole nitrogens is 1. The lowest BCUT2D eigenvalue weighted by Crippen LogP contribution is -2.08. The summed E-state index contributed by atoms with van der Waals surface area (Å²) in [7, 11) is 0. The van der Waals surface area contributed by atoms with Crippen LogP contribution in [0.2, 0.25) is 0 Å². The third kappa shape index (κ3) is 4.28. The van der Waals surface area contributed by atoms with Crippen molar-refractivity contribution >= 4 is 51.9 Å². The van der Waals surface area contributed by atoms with E-state index < -0.39 is 0 Å². The molecule has 0 saturated heterocycles. The van der Waals surface area contributed by atoms with Crippen molar-refractivity contribution in [1.82, 2.24) is 9.97 Å². The second kappa shape index (κ2) is 7.97. The zero-order valence-corrected chi connectivity index (χ0v) is 16.4. The number of benzene rings is 2. The van der Waals surface area contributed by atoms with Crippen molar-refractivity contribution in [2.24, 2.45) is 0 Å². The first-order chi connectivity index (χ1) is 12.5. The molecule has 0 radical (unpaired) electrons. The number of nitrogens with zero attached hydrogens (tertiary/aromatic N) is 1. The molecular weight excluding hydrogens is 366 g/mol. The summed E-state index contributed by atoms with van der Waals surface area (Å²) in [5, 5.41) is 3.51. The molecule has 1 amide bonds. The van der Waals surface area contributed by atoms with E-state index in [1.165, 1.54) is 30.4 Å². The van der Waals surface area contributed by atoms with Gasteiger partial charge < -0.3 is 10.3 Å². The predicted octanol–water partition coefficient (Wildman–Crippen LogP) is 4.53. The van der Waals surface area contributed by atoms with Gasteiger partial charge in [-0.1, -0.05) is 17.8 Å². The van der Waals surface area contributed by atoms with Crippen LogP contribution >= 0.6 is 23.5 Å². The molecule has 0 unspecified atom stereocenters. The Morgan fingerprint density at radius 1 is 1.19 bits per heavy atom. The highest BCUT2D eigenvalue weighted by atomic mass is 32.2. The quantitative estimate of drug-likeness (QED) is 0.482. The summed E-state index contributed by atoms with van der Waals surface area (Å²) in [4.78, 5) is 32.4. The van der Waals surface area contributed by atoms with Crippen LogP contribution in [0.1, 0.15) is 22.8 Å². The van der Waals surface area contributed by atoms with Crippen LogP contribution in [0.3, 0.4) is 0 Å². The fourth-order valence-corrected chi connectivity index (χ4v) is 3.91. The highest BCUT2D eigenvalue weighted by Crippen LogP contribution is 2.28. The summed E-state index contributed by atoms with van der Waals surface area (Å²) in [6.07, 6.45) is 1.92. The Morgan fingerprint density at radius 2 is 2.00 bits per heavy atom. The number of fused-ring (bicyclic) bond motifs is 1.